The first-order valence-electron chi connectivity index (χ1n) is 9.52. The summed E-state index contributed by atoms with van der Waals surface area (Å²) < 4.78 is 0. The van der Waals surface area contributed by atoms with Gasteiger partial charge in [-0.15, -0.1) is 11.3 Å². The molecule has 0 saturated carbocycles. The first kappa shape index (κ1) is 19.7. The van der Waals surface area contributed by atoms with Crippen LogP contribution in [0.25, 0.3) is 10.9 Å². The minimum atomic E-state index is -0.402. The highest BCUT2D eigenvalue weighted by molar-refractivity contribution is 7.14. The van der Waals surface area contributed by atoms with Crippen molar-refractivity contribution in [2.45, 2.75) is 13.3 Å². The number of aryl methyl sites for hydroxylation is 1. The molecule has 7 nitrogen and oxygen atoms in total. The van der Waals surface area contributed by atoms with Crippen LogP contribution in [0, 0.1) is 6.92 Å². The highest BCUT2D eigenvalue weighted by Crippen LogP contribution is 2.18. The second-order valence-electron chi connectivity index (χ2n) is 6.85. The summed E-state index contributed by atoms with van der Waals surface area (Å²) in [5.74, 6) is -0.266. The standard InChI is InChI=1S/C22H21N5O2S/c1-14-5-4-6-16(11-14)25-21(29)27-22-26-19(13-30-22)20(28)23-10-9-15-12-24-18-8-3-2-7-17(15)18/h2-8,11-13,24H,9-10H2,1H3,(H,23,28)(H2,25,26,27,29). The van der Waals surface area contributed by atoms with Crippen molar-refractivity contribution >= 4 is 45.0 Å². The van der Waals surface area contributed by atoms with Crippen LogP contribution in [0.1, 0.15) is 21.6 Å². The summed E-state index contributed by atoms with van der Waals surface area (Å²) in [5.41, 5.74) is 4.26. The maximum Gasteiger partial charge on any atom is 0.325 e. The van der Waals surface area contributed by atoms with Crippen LogP contribution in [-0.2, 0) is 6.42 Å². The van der Waals surface area contributed by atoms with Crippen molar-refractivity contribution in [3.63, 3.8) is 0 Å². The molecule has 0 unspecified atom stereocenters. The maximum absolute atomic E-state index is 12.4. The molecule has 152 valence electrons. The van der Waals surface area contributed by atoms with Crippen LogP contribution in [0.4, 0.5) is 15.6 Å². The normalized spacial score (nSPS) is 10.7. The van der Waals surface area contributed by atoms with E-state index < -0.39 is 6.03 Å². The summed E-state index contributed by atoms with van der Waals surface area (Å²) in [6.45, 7) is 2.45. The SMILES string of the molecule is Cc1cccc(NC(=O)Nc2nc(C(=O)NCCc3c[nH]c4ccccc34)cs2)c1. The molecule has 0 atom stereocenters. The van der Waals surface area contributed by atoms with Crippen LogP contribution in [0.5, 0.6) is 0 Å². The van der Waals surface area contributed by atoms with E-state index in [-0.39, 0.29) is 11.6 Å². The van der Waals surface area contributed by atoms with Crippen LogP contribution in [0.2, 0.25) is 0 Å². The summed E-state index contributed by atoms with van der Waals surface area (Å²) in [6.07, 6.45) is 2.68. The van der Waals surface area contributed by atoms with Crippen molar-refractivity contribution in [2.75, 3.05) is 17.2 Å². The zero-order valence-corrected chi connectivity index (χ0v) is 17.2. The van der Waals surface area contributed by atoms with E-state index in [0.29, 0.717) is 23.8 Å². The second-order valence-corrected chi connectivity index (χ2v) is 7.71. The lowest BCUT2D eigenvalue weighted by molar-refractivity contribution is 0.0950. The van der Waals surface area contributed by atoms with Gasteiger partial charge in [0.2, 0.25) is 0 Å². The predicted octanol–water partition coefficient (Wildman–Crippen LogP) is 4.55. The fourth-order valence-corrected chi connectivity index (χ4v) is 3.84. The zero-order chi connectivity index (χ0) is 20.9. The van der Waals surface area contributed by atoms with Gasteiger partial charge in [-0.25, -0.2) is 9.78 Å². The summed E-state index contributed by atoms with van der Waals surface area (Å²) in [6, 6.07) is 15.2. The molecule has 3 amide bonds. The molecule has 0 aliphatic heterocycles. The molecule has 0 radical (unpaired) electrons. The smallest absolute Gasteiger partial charge is 0.325 e. The molecular formula is C22H21N5O2S. The largest absolute Gasteiger partial charge is 0.361 e. The summed E-state index contributed by atoms with van der Waals surface area (Å²) >= 11 is 1.20. The topological polar surface area (TPSA) is 98.9 Å². The van der Waals surface area contributed by atoms with E-state index in [4.69, 9.17) is 0 Å². The van der Waals surface area contributed by atoms with Crippen molar-refractivity contribution in [1.29, 1.82) is 0 Å². The van der Waals surface area contributed by atoms with Gasteiger partial charge in [0.25, 0.3) is 5.91 Å². The number of hydrogen-bond acceptors (Lipinski definition) is 4. The first-order valence-corrected chi connectivity index (χ1v) is 10.4. The van der Waals surface area contributed by atoms with Gasteiger partial charge in [-0.05, 0) is 42.7 Å². The number of aromatic nitrogens is 2. The molecule has 4 aromatic rings. The fourth-order valence-electron chi connectivity index (χ4n) is 3.16. The molecule has 2 aromatic carbocycles. The Hall–Kier alpha value is -3.65. The third-order valence-corrected chi connectivity index (χ3v) is 5.35. The molecule has 0 spiro atoms. The van der Waals surface area contributed by atoms with Crippen molar-refractivity contribution in [3.8, 4) is 0 Å². The molecule has 0 fully saturated rings. The van der Waals surface area contributed by atoms with Crippen molar-refractivity contribution in [2.24, 2.45) is 0 Å². The minimum absolute atomic E-state index is 0.266. The van der Waals surface area contributed by atoms with Crippen LogP contribution in [-0.4, -0.2) is 28.5 Å². The van der Waals surface area contributed by atoms with Gasteiger partial charge in [0.15, 0.2) is 5.13 Å². The van der Waals surface area contributed by atoms with Crippen LogP contribution < -0.4 is 16.0 Å². The Morgan fingerprint density at radius 2 is 1.97 bits per heavy atom. The molecule has 30 heavy (non-hydrogen) atoms. The van der Waals surface area contributed by atoms with E-state index in [9.17, 15) is 9.59 Å². The lowest BCUT2D eigenvalue weighted by Gasteiger charge is -2.06. The second kappa shape index (κ2) is 8.79. The Balaban J connectivity index is 1.28. The number of fused-ring (bicyclic) bond motifs is 1. The average Bonchev–Trinajstić information content (AvgIpc) is 3.35. The highest BCUT2D eigenvalue weighted by Gasteiger charge is 2.13. The van der Waals surface area contributed by atoms with Crippen LogP contribution in [0.3, 0.4) is 0 Å². The molecule has 0 saturated heterocycles. The quantitative estimate of drug-likeness (QED) is 0.369. The number of H-pyrrole nitrogens is 1. The van der Waals surface area contributed by atoms with Gasteiger partial charge in [-0.3, -0.25) is 10.1 Å². The van der Waals surface area contributed by atoms with Gasteiger partial charge in [-0.1, -0.05) is 30.3 Å². The van der Waals surface area contributed by atoms with E-state index in [1.165, 1.54) is 11.3 Å². The number of para-hydroxylation sites is 1. The predicted molar refractivity (Wildman–Crippen MR) is 120 cm³/mol. The molecular weight excluding hydrogens is 398 g/mol. The van der Waals surface area contributed by atoms with Gasteiger partial charge in [0, 0.05) is 34.7 Å². The van der Waals surface area contributed by atoms with Crippen molar-refractivity contribution < 1.29 is 9.59 Å². The molecule has 8 heteroatoms. The average molecular weight is 420 g/mol. The number of thiazole rings is 1. The minimum Gasteiger partial charge on any atom is -0.361 e. The number of benzene rings is 2. The number of nitrogens with zero attached hydrogens (tertiary/aromatic N) is 1. The number of rotatable bonds is 6. The maximum atomic E-state index is 12.4. The van der Waals surface area contributed by atoms with Crippen molar-refractivity contribution in [1.82, 2.24) is 15.3 Å². The van der Waals surface area contributed by atoms with E-state index in [0.717, 1.165) is 22.0 Å². The number of hydrogen-bond donors (Lipinski definition) is 4. The van der Waals surface area contributed by atoms with Gasteiger partial charge < -0.3 is 15.6 Å². The summed E-state index contributed by atoms with van der Waals surface area (Å²) in [5, 5.41) is 11.4. The zero-order valence-electron chi connectivity index (χ0n) is 16.4. The van der Waals surface area contributed by atoms with E-state index in [1.807, 2.05) is 49.5 Å². The molecule has 4 rings (SSSR count). The number of nitrogens with one attached hydrogen (secondary N) is 4. The molecule has 0 aliphatic rings. The monoisotopic (exact) mass is 419 g/mol. The highest BCUT2D eigenvalue weighted by atomic mass is 32.1. The van der Waals surface area contributed by atoms with Gasteiger partial charge in [0.1, 0.15) is 5.69 Å². The number of urea groups is 1. The van der Waals surface area contributed by atoms with Gasteiger partial charge in [-0.2, -0.15) is 0 Å². The Morgan fingerprint density at radius 1 is 1.10 bits per heavy atom. The van der Waals surface area contributed by atoms with E-state index in [1.54, 1.807) is 11.4 Å². The lowest BCUT2D eigenvalue weighted by atomic mass is 10.1. The molecule has 2 aromatic heterocycles. The van der Waals surface area contributed by atoms with E-state index >= 15 is 0 Å². The lowest BCUT2D eigenvalue weighted by Crippen LogP contribution is -2.26. The molecule has 2 heterocycles. The van der Waals surface area contributed by atoms with Crippen LogP contribution >= 0.6 is 11.3 Å². The number of carbonyl (C=O) groups is 2. The fraction of sp³-hybridized carbons (Fsp3) is 0.136. The third-order valence-electron chi connectivity index (χ3n) is 4.59. The Morgan fingerprint density at radius 3 is 2.83 bits per heavy atom. The van der Waals surface area contributed by atoms with Crippen molar-refractivity contribution in [3.05, 3.63) is 76.9 Å². The number of carbonyl (C=O) groups excluding carboxylic acids is 2. The number of anilines is 2. The molecule has 4 N–H and O–H groups in total. The first-order chi connectivity index (χ1) is 14.6. The Labute approximate surface area is 177 Å². The Kier molecular flexibility index (Phi) is 5.76. The third kappa shape index (κ3) is 4.66. The van der Waals surface area contributed by atoms with Gasteiger partial charge >= 0.3 is 6.03 Å². The van der Waals surface area contributed by atoms with E-state index in [2.05, 4.69) is 32.0 Å². The molecule has 0 bridgehead atoms. The van der Waals surface area contributed by atoms with Crippen LogP contribution in [0.15, 0.2) is 60.1 Å². The summed E-state index contributed by atoms with van der Waals surface area (Å²) in [7, 11) is 0. The number of amides is 3. The van der Waals surface area contributed by atoms with Gasteiger partial charge in [0.05, 0.1) is 0 Å². The number of aromatic amines is 1. The summed E-state index contributed by atoms with van der Waals surface area (Å²) in [4.78, 5) is 31.9. The molecule has 0 aliphatic carbocycles. The Bertz CT molecular complexity index is 1200.